The van der Waals surface area contributed by atoms with E-state index in [0.29, 0.717) is 19.4 Å². The average molecular weight is 258 g/mol. The molecular formula is C14H18N4O. The van der Waals surface area contributed by atoms with E-state index in [4.69, 9.17) is 0 Å². The number of aromatic nitrogens is 3. The predicted octanol–water partition coefficient (Wildman–Crippen LogP) is 1.49. The van der Waals surface area contributed by atoms with Gasteiger partial charge in [0.1, 0.15) is 12.2 Å². The lowest BCUT2D eigenvalue weighted by Gasteiger charge is -2.04. The number of aromatic amines is 1. The first-order chi connectivity index (χ1) is 9.34. The van der Waals surface area contributed by atoms with Gasteiger partial charge in [0.05, 0.1) is 0 Å². The minimum atomic E-state index is 0.0930. The molecule has 0 aliphatic rings. The molecule has 2 aromatic rings. The second kappa shape index (κ2) is 7.31. The minimum Gasteiger partial charge on any atom is -0.356 e. The Morgan fingerprint density at radius 1 is 1.21 bits per heavy atom. The van der Waals surface area contributed by atoms with Crippen LogP contribution in [-0.2, 0) is 17.6 Å². The molecule has 1 aromatic heterocycles. The fourth-order valence-electron chi connectivity index (χ4n) is 1.86. The first-order valence-electron chi connectivity index (χ1n) is 6.49. The minimum absolute atomic E-state index is 0.0930. The fourth-order valence-corrected chi connectivity index (χ4v) is 1.86. The van der Waals surface area contributed by atoms with Gasteiger partial charge < -0.3 is 5.32 Å². The van der Waals surface area contributed by atoms with Gasteiger partial charge in [-0.25, -0.2) is 4.98 Å². The van der Waals surface area contributed by atoms with Crippen LogP contribution in [0.5, 0.6) is 0 Å². The molecule has 2 rings (SSSR count). The lowest BCUT2D eigenvalue weighted by Crippen LogP contribution is -2.25. The van der Waals surface area contributed by atoms with E-state index in [2.05, 4.69) is 32.6 Å². The van der Waals surface area contributed by atoms with Gasteiger partial charge in [-0.15, -0.1) is 0 Å². The molecule has 19 heavy (non-hydrogen) atoms. The molecule has 0 saturated carbocycles. The van der Waals surface area contributed by atoms with Gasteiger partial charge in [0.2, 0.25) is 5.91 Å². The van der Waals surface area contributed by atoms with E-state index < -0.39 is 0 Å². The van der Waals surface area contributed by atoms with Crippen molar-refractivity contribution in [3.8, 4) is 0 Å². The summed E-state index contributed by atoms with van der Waals surface area (Å²) in [5, 5.41) is 9.40. The third kappa shape index (κ3) is 4.91. The number of amides is 1. The van der Waals surface area contributed by atoms with E-state index in [0.717, 1.165) is 18.7 Å². The molecule has 0 bridgehead atoms. The number of benzene rings is 1. The molecule has 5 heteroatoms. The summed E-state index contributed by atoms with van der Waals surface area (Å²) >= 11 is 0. The van der Waals surface area contributed by atoms with Crippen LogP contribution >= 0.6 is 0 Å². The highest BCUT2D eigenvalue weighted by Gasteiger charge is 2.02. The van der Waals surface area contributed by atoms with E-state index in [1.807, 2.05) is 18.2 Å². The monoisotopic (exact) mass is 258 g/mol. The van der Waals surface area contributed by atoms with Crippen LogP contribution in [0.1, 0.15) is 24.2 Å². The molecule has 0 aliphatic carbocycles. The van der Waals surface area contributed by atoms with Crippen LogP contribution < -0.4 is 5.32 Å². The number of nitrogens with one attached hydrogen (secondary N) is 2. The van der Waals surface area contributed by atoms with Crippen LogP contribution in [0.2, 0.25) is 0 Å². The normalized spacial score (nSPS) is 10.3. The lowest BCUT2D eigenvalue weighted by molar-refractivity contribution is -0.121. The maximum absolute atomic E-state index is 11.6. The smallest absolute Gasteiger partial charge is 0.220 e. The van der Waals surface area contributed by atoms with Crippen molar-refractivity contribution in [3.05, 3.63) is 48.0 Å². The molecule has 100 valence electrons. The van der Waals surface area contributed by atoms with Gasteiger partial charge >= 0.3 is 0 Å². The Kier molecular flexibility index (Phi) is 5.10. The Labute approximate surface area is 112 Å². The van der Waals surface area contributed by atoms with Crippen molar-refractivity contribution in [1.29, 1.82) is 0 Å². The van der Waals surface area contributed by atoms with Crippen LogP contribution in [0.3, 0.4) is 0 Å². The van der Waals surface area contributed by atoms with Crippen LogP contribution in [-0.4, -0.2) is 27.6 Å². The largest absolute Gasteiger partial charge is 0.356 e. The maximum Gasteiger partial charge on any atom is 0.220 e. The molecule has 0 fully saturated rings. The van der Waals surface area contributed by atoms with Gasteiger partial charge in [0, 0.05) is 19.4 Å². The van der Waals surface area contributed by atoms with Crippen molar-refractivity contribution in [3.63, 3.8) is 0 Å². The van der Waals surface area contributed by atoms with Crippen LogP contribution in [0, 0.1) is 0 Å². The number of rotatable bonds is 7. The molecule has 1 heterocycles. The Balaban J connectivity index is 1.57. The van der Waals surface area contributed by atoms with Gasteiger partial charge in [-0.3, -0.25) is 9.89 Å². The maximum atomic E-state index is 11.6. The Bertz CT molecular complexity index is 481. The van der Waals surface area contributed by atoms with Gasteiger partial charge in [-0.1, -0.05) is 30.3 Å². The SMILES string of the molecule is O=C(CCCc1ccccc1)NCCc1ncn[nH]1. The van der Waals surface area contributed by atoms with E-state index >= 15 is 0 Å². The zero-order valence-electron chi connectivity index (χ0n) is 10.8. The standard InChI is InChI=1S/C14H18N4O/c19-14(15-10-9-13-16-11-17-18-13)8-4-7-12-5-2-1-3-6-12/h1-3,5-6,11H,4,7-10H2,(H,15,19)(H,16,17,18). The summed E-state index contributed by atoms with van der Waals surface area (Å²) in [6.07, 6.45) is 4.53. The van der Waals surface area contributed by atoms with Crippen molar-refractivity contribution in [2.75, 3.05) is 6.54 Å². The average Bonchev–Trinajstić information content (AvgIpc) is 2.93. The van der Waals surface area contributed by atoms with Gasteiger partial charge in [0.25, 0.3) is 0 Å². The molecule has 1 aromatic carbocycles. The lowest BCUT2D eigenvalue weighted by atomic mass is 10.1. The zero-order valence-corrected chi connectivity index (χ0v) is 10.8. The van der Waals surface area contributed by atoms with Gasteiger partial charge in [-0.05, 0) is 18.4 Å². The summed E-state index contributed by atoms with van der Waals surface area (Å²) in [7, 11) is 0. The summed E-state index contributed by atoms with van der Waals surface area (Å²) in [5.41, 5.74) is 1.27. The highest BCUT2D eigenvalue weighted by Crippen LogP contribution is 2.04. The van der Waals surface area contributed by atoms with Gasteiger partial charge in [-0.2, -0.15) is 5.10 Å². The molecule has 0 spiro atoms. The van der Waals surface area contributed by atoms with E-state index in [9.17, 15) is 4.79 Å². The van der Waals surface area contributed by atoms with Crippen molar-refractivity contribution < 1.29 is 4.79 Å². The molecule has 0 atom stereocenters. The van der Waals surface area contributed by atoms with Gasteiger partial charge in [0.15, 0.2) is 0 Å². The van der Waals surface area contributed by atoms with Crippen LogP contribution in [0.25, 0.3) is 0 Å². The fraction of sp³-hybridized carbons (Fsp3) is 0.357. The van der Waals surface area contributed by atoms with Crippen molar-refractivity contribution in [2.24, 2.45) is 0 Å². The Morgan fingerprint density at radius 2 is 2.05 bits per heavy atom. The quantitative estimate of drug-likeness (QED) is 0.790. The molecule has 0 aliphatic heterocycles. The Morgan fingerprint density at radius 3 is 2.79 bits per heavy atom. The van der Waals surface area contributed by atoms with Crippen molar-refractivity contribution >= 4 is 5.91 Å². The number of H-pyrrole nitrogens is 1. The molecule has 5 nitrogen and oxygen atoms in total. The van der Waals surface area contributed by atoms with Crippen molar-refractivity contribution in [1.82, 2.24) is 20.5 Å². The number of carbonyl (C=O) groups is 1. The Hall–Kier alpha value is -2.17. The second-order valence-corrected chi connectivity index (χ2v) is 4.37. The van der Waals surface area contributed by atoms with Crippen LogP contribution in [0.4, 0.5) is 0 Å². The first-order valence-corrected chi connectivity index (χ1v) is 6.49. The molecular weight excluding hydrogens is 240 g/mol. The highest BCUT2D eigenvalue weighted by atomic mass is 16.1. The number of hydrogen-bond donors (Lipinski definition) is 2. The number of aryl methyl sites for hydroxylation is 1. The highest BCUT2D eigenvalue weighted by molar-refractivity contribution is 5.75. The molecule has 0 unspecified atom stereocenters. The molecule has 0 radical (unpaired) electrons. The summed E-state index contributed by atoms with van der Waals surface area (Å²) in [6.45, 7) is 0.597. The van der Waals surface area contributed by atoms with E-state index in [1.165, 1.54) is 11.9 Å². The third-order valence-electron chi connectivity index (χ3n) is 2.86. The summed E-state index contributed by atoms with van der Waals surface area (Å²) in [6, 6.07) is 10.2. The molecule has 0 saturated heterocycles. The summed E-state index contributed by atoms with van der Waals surface area (Å²) < 4.78 is 0. The molecule has 2 N–H and O–H groups in total. The summed E-state index contributed by atoms with van der Waals surface area (Å²) in [4.78, 5) is 15.6. The number of nitrogens with zero attached hydrogens (tertiary/aromatic N) is 2. The number of carbonyl (C=O) groups excluding carboxylic acids is 1. The third-order valence-corrected chi connectivity index (χ3v) is 2.86. The topological polar surface area (TPSA) is 70.7 Å². The van der Waals surface area contributed by atoms with E-state index in [1.54, 1.807) is 0 Å². The second-order valence-electron chi connectivity index (χ2n) is 4.37. The zero-order chi connectivity index (χ0) is 13.3. The molecule has 1 amide bonds. The van der Waals surface area contributed by atoms with E-state index in [-0.39, 0.29) is 5.91 Å². The number of hydrogen-bond acceptors (Lipinski definition) is 3. The summed E-state index contributed by atoms with van der Waals surface area (Å²) in [5.74, 6) is 0.889. The first kappa shape index (κ1) is 13.3. The van der Waals surface area contributed by atoms with Crippen LogP contribution in [0.15, 0.2) is 36.7 Å². The van der Waals surface area contributed by atoms with Crippen molar-refractivity contribution in [2.45, 2.75) is 25.7 Å². The predicted molar refractivity (Wildman–Crippen MR) is 72.5 cm³/mol.